The second-order valence-corrected chi connectivity index (χ2v) is 6.87. The number of fused-ring (bicyclic) bond motifs is 2. The van der Waals surface area contributed by atoms with E-state index >= 15 is 0 Å². The molecule has 0 saturated heterocycles. The Morgan fingerprint density at radius 3 is 2.37 bits per heavy atom. The average Bonchev–Trinajstić information content (AvgIpc) is 3.24. The number of hydrogen-bond donors (Lipinski definition) is 0. The summed E-state index contributed by atoms with van der Waals surface area (Å²) in [7, 11) is 0. The molecule has 0 unspecified atom stereocenters. The van der Waals surface area contributed by atoms with Crippen LogP contribution < -0.4 is 0 Å². The highest BCUT2D eigenvalue weighted by Crippen LogP contribution is 2.35. The fraction of sp³-hybridized carbons (Fsp3) is 0.0800. The number of nitrogens with zero attached hydrogens (tertiary/aromatic N) is 3. The first-order chi connectivity index (χ1) is 14.8. The van der Waals surface area contributed by atoms with Crippen LogP contribution >= 0.6 is 0 Å². The molecule has 0 amide bonds. The van der Waals surface area contributed by atoms with Crippen LogP contribution in [0.1, 0.15) is 17.3 Å². The van der Waals surface area contributed by atoms with Gasteiger partial charge in [-0.3, -0.25) is 4.57 Å². The van der Waals surface area contributed by atoms with Crippen molar-refractivity contribution in [2.75, 3.05) is 6.61 Å². The zero-order valence-corrected chi connectivity index (χ0v) is 16.4. The summed E-state index contributed by atoms with van der Waals surface area (Å²) in [6.07, 6.45) is 0. The van der Waals surface area contributed by atoms with E-state index in [1.807, 2.05) is 89.5 Å². The average molecular weight is 393 g/mol. The summed E-state index contributed by atoms with van der Waals surface area (Å²) in [5, 5.41) is 0. The Morgan fingerprint density at radius 2 is 1.57 bits per heavy atom. The van der Waals surface area contributed by atoms with Crippen LogP contribution in [-0.2, 0) is 4.74 Å². The van der Waals surface area contributed by atoms with Gasteiger partial charge in [0.25, 0.3) is 0 Å². The minimum Gasteiger partial charge on any atom is -0.462 e. The third-order valence-corrected chi connectivity index (χ3v) is 5.02. The van der Waals surface area contributed by atoms with Crippen molar-refractivity contribution >= 4 is 17.0 Å². The smallest absolute Gasteiger partial charge is 0.342 e. The van der Waals surface area contributed by atoms with Crippen molar-refractivity contribution in [3.05, 3.63) is 90.5 Å². The summed E-state index contributed by atoms with van der Waals surface area (Å²) in [6.45, 7) is 2.10. The highest BCUT2D eigenvalue weighted by Gasteiger charge is 2.28. The molecule has 2 aliphatic rings. The Bertz CT molecular complexity index is 1320. The van der Waals surface area contributed by atoms with Gasteiger partial charge in [-0.05, 0) is 25.1 Å². The lowest BCUT2D eigenvalue weighted by Crippen LogP contribution is -2.09. The summed E-state index contributed by atoms with van der Waals surface area (Å²) in [6, 6.07) is 27.3. The van der Waals surface area contributed by atoms with E-state index in [-0.39, 0.29) is 0 Å². The lowest BCUT2D eigenvalue weighted by molar-refractivity contribution is 0.0527. The minimum absolute atomic E-state index is 0.292. The van der Waals surface area contributed by atoms with Gasteiger partial charge in [0.05, 0.1) is 23.3 Å². The number of ether oxygens (including phenoxy) is 1. The lowest BCUT2D eigenvalue weighted by Gasteiger charge is -2.10. The number of carbonyl (C=O) groups excluding carboxylic acids is 1. The number of para-hydroxylation sites is 2. The molecule has 146 valence electrons. The van der Waals surface area contributed by atoms with E-state index in [9.17, 15) is 4.79 Å². The van der Waals surface area contributed by atoms with E-state index < -0.39 is 5.97 Å². The molecular weight excluding hydrogens is 374 g/mol. The van der Waals surface area contributed by atoms with E-state index in [4.69, 9.17) is 14.7 Å². The van der Waals surface area contributed by atoms with Crippen molar-refractivity contribution in [2.24, 2.45) is 0 Å². The van der Waals surface area contributed by atoms with E-state index in [2.05, 4.69) is 0 Å². The van der Waals surface area contributed by atoms with Gasteiger partial charge in [-0.1, -0.05) is 66.7 Å². The molecule has 5 nitrogen and oxygen atoms in total. The molecule has 2 heterocycles. The second-order valence-electron chi connectivity index (χ2n) is 6.87. The van der Waals surface area contributed by atoms with Crippen LogP contribution in [0, 0.1) is 0 Å². The maximum absolute atomic E-state index is 13.0. The number of esters is 1. The summed E-state index contributed by atoms with van der Waals surface area (Å²) in [4.78, 5) is 22.7. The normalized spacial score (nSPS) is 11.1. The van der Waals surface area contributed by atoms with Gasteiger partial charge < -0.3 is 4.74 Å². The van der Waals surface area contributed by atoms with Crippen LogP contribution in [0.15, 0.2) is 84.9 Å². The molecule has 2 aromatic carbocycles. The molecule has 5 heteroatoms. The first-order valence-corrected chi connectivity index (χ1v) is 9.87. The highest BCUT2D eigenvalue weighted by molar-refractivity contribution is 6.02. The Hall–Kier alpha value is -3.99. The fourth-order valence-electron chi connectivity index (χ4n) is 3.72. The number of rotatable bonds is 4. The van der Waals surface area contributed by atoms with Gasteiger partial charge in [0.15, 0.2) is 5.82 Å². The van der Waals surface area contributed by atoms with Gasteiger partial charge >= 0.3 is 5.97 Å². The van der Waals surface area contributed by atoms with E-state index in [1.165, 1.54) is 0 Å². The van der Waals surface area contributed by atoms with Crippen LogP contribution in [0.5, 0.6) is 0 Å². The monoisotopic (exact) mass is 393 g/mol. The first kappa shape index (κ1) is 18.1. The van der Waals surface area contributed by atoms with Crippen molar-refractivity contribution in [2.45, 2.75) is 6.92 Å². The molecule has 3 aromatic rings. The molecule has 0 saturated carbocycles. The minimum atomic E-state index is -0.391. The van der Waals surface area contributed by atoms with Crippen molar-refractivity contribution in [3.8, 4) is 28.5 Å². The largest absolute Gasteiger partial charge is 0.462 e. The molecule has 0 N–H and O–H groups in total. The van der Waals surface area contributed by atoms with Crippen LogP contribution in [-0.4, -0.2) is 27.1 Å². The van der Waals surface area contributed by atoms with Crippen LogP contribution in [0.3, 0.4) is 0 Å². The molecular formula is C25H19N3O2. The zero-order valence-electron chi connectivity index (χ0n) is 16.4. The standard InChI is InChI=1S/C25H19N3O2/c1-2-30-25(29)22-18-13-7-4-8-14-19(18)26-24(22)28-21-16-10-9-15-20(21)27-23(28)17-11-5-3-6-12-17/h3-16H,2H2,1H3. The molecule has 0 fully saturated rings. The molecule has 0 atom stereocenters. The topological polar surface area (TPSA) is 57.0 Å². The molecule has 1 aliphatic carbocycles. The summed E-state index contributed by atoms with van der Waals surface area (Å²) in [5.74, 6) is 0.870. The third kappa shape index (κ3) is 2.92. The predicted molar refractivity (Wildman–Crippen MR) is 117 cm³/mol. The Labute approximate surface area is 173 Å². The Morgan fingerprint density at radius 1 is 0.867 bits per heavy atom. The van der Waals surface area contributed by atoms with E-state index in [0.29, 0.717) is 18.0 Å². The van der Waals surface area contributed by atoms with Crippen LogP contribution in [0.25, 0.3) is 39.5 Å². The Kier molecular flexibility index (Phi) is 4.48. The predicted octanol–water partition coefficient (Wildman–Crippen LogP) is 5.37. The van der Waals surface area contributed by atoms with Crippen LogP contribution in [0.4, 0.5) is 0 Å². The van der Waals surface area contributed by atoms with Gasteiger partial charge in [0.2, 0.25) is 0 Å². The maximum Gasteiger partial charge on any atom is 0.342 e. The molecule has 0 radical (unpaired) electrons. The molecule has 1 aliphatic heterocycles. The number of hydrogen-bond acceptors (Lipinski definition) is 4. The van der Waals surface area contributed by atoms with Crippen molar-refractivity contribution in [1.82, 2.24) is 14.5 Å². The number of carbonyl (C=O) groups is 1. The molecule has 5 rings (SSSR count). The van der Waals surface area contributed by atoms with Crippen molar-refractivity contribution in [3.63, 3.8) is 0 Å². The number of benzene rings is 2. The van der Waals surface area contributed by atoms with Gasteiger partial charge in [0, 0.05) is 11.1 Å². The molecule has 0 spiro atoms. The highest BCUT2D eigenvalue weighted by atomic mass is 16.5. The van der Waals surface area contributed by atoms with Gasteiger partial charge in [0.1, 0.15) is 11.4 Å². The molecule has 30 heavy (non-hydrogen) atoms. The summed E-state index contributed by atoms with van der Waals surface area (Å²) < 4.78 is 7.36. The van der Waals surface area contributed by atoms with Gasteiger partial charge in [-0.25, -0.2) is 14.8 Å². The quantitative estimate of drug-likeness (QED) is 0.385. The van der Waals surface area contributed by atoms with E-state index in [0.717, 1.165) is 33.7 Å². The molecule has 1 aromatic heterocycles. The summed E-state index contributed by atoms with van der Waals surface area (Å²) in [5.41, 5.74) is 4.60. The number of aromatic nitrogens is 3. The molecule has 0 bridgehead atoms. The van der Waals surface area contributed by atoms with Crippen molar-refractivity contribution < 1.29 is 9.53 Å². The fourth-order valence-corrected chi connectivity index (χ4v) is 3.72. The third-order valence-electron chi connectivity index (χ3n) is 5.02. The van der Waals surface area contributed by atoms with Crippen molar-refractivity contribution in [1.29, 1.82) is 0 Å². The first-order valence-electron chi connectivity index (χ1n) is 9.87. The van der Waals surface area contributed by atoms with Gasteiger partial charge in [-0.2, -0.15) is 0 Å². The Balaban J connectivity index is 1.88. The SMILES string of the molecule is CCOC(=O)c1c2cccccc-2nc1-n1c(-c2ccccc2)nc2ccccc21. The lowest BCUT2D eigenvalue weighted by atomic mass is 10.1. The zero-order chi connectivity index (χ0) is 20.5. The second kappa shape index (κ2) is 7.44. The summed E-state index contributed by atoms with van der Waals surface area (Å²) >= 11 is 0. The van der Waals surface area contributed by atoms with E-state index in [1.54, 1.807) is 6.92 Å². The van der Waals surface area contributed by atoms with Crippen LogP contribution in [0.2, 0.25) is 0 Å². The maximum atomic E-state index is 13.0. The number of imidazole rings is 1. The van der Waals surface area contributed by atoms with Gasteiger partial charge in [-0.15, -0.1) is 0 Å².